The summed E-state index contributed by atoms with van der Waals surface area (Å²) in [7, 11) is 0. The number of anilines is 1. The summed E-state index contributed by atoms with van der Waals surface area (Å²) in [6, 6.07) is 8.19. The van der Waals surface area contributed by atoms with Crippen molar-refractivity contribution in [1.29, 1.82) is 0 Å². The van der Waals surface area contributed by atoms with E-state index < -0.39 is 0 Å². The number of hydrogen-bond donors (Lipinski definition) is 1. The predicted molar refractivity (Wildman–Crippen MR) is 86.8 cm³/mol. The fraction of sp³-hybridized carbons (Fsp3) is 0. The van der Waals surface area contributed by atoms with Crippen LogP contribution >= 0.6 is 45.3 Å². The van der Waals surface area contributed by atoms with E-state index in [0.717, 1.165) is 9.40 Å². The second-order valence-electron chi connectivity index (χ2n) is 3.84. The van der Waals surface area contributed by atoms with Gasteiger partial charge in [0.1, 0.15) is 5.82 Å². The minimum absolute atomic E-state index is 0.155. The number of hydrogen-bond acceptors (Lipinski definition) is 3. The quantitative estimate of drug-likeness (QED) is 0.603. The Bertz CT molecular complexity index is 736. The van der Waals surface area contributed by atoms with E-state index >= 15 is 0 Å². The molecule has 0 aliphatic heterocycles. The molecule has 2 heterocycles. The van der Waals surface area contributed by atoms with Crippen molar-refractivity contribution in [2.24, 2.45) is 0 Å². The van der Waals surface area contributed by atoms with E-state index in [2.05, 4.69) is 5.32 Å². The lowest BCUT2D eigenvalue weighted by Crippen LogP contribution is -2.11. The van der Waals surface area contributed by atoms with Crippen LogP contribution in [-0.2, 0) is 0 Å². The molecule has 0 fully saturated rings. The molecule has 1 amide bonds. The maximum atomic E-state index is 13.0. The number of carbonyl (C=O) groups excluding carboxylic acids is 1. The van der Waals surface area contributed by atoms with Crippen molar-refractivity contribution in [1.82, 2.24) is 0 Å². The number of amides is 1. The van der Waals surface area contributed by atoms with Crippen LogP contribution in [0.4, 0.5) is 10.1 Å². The molecule has 19 heavy (non-hydrogen) atoms. The van der Waals surface area contributed by atoms with Crippen LogP contribution in [0.2, 0.25) is 0 Å². The molecular weight excluding hydrogens is 396 g/mol. The molecule has 1 N–H and O–H groups in total. The summed E-state index contributed by atoms with van der Waals surface area (Å²) in [5.41, 5.74) is 0.628. The number of benzene rings is 1. The topological polar surface area (TPSA) is 29.1 Å². The van der Waals surface area contributed by atoms with Crippen LogP contribution in [-0.4, -0.2) is 5.91 Å². The maximum Gasteiger partial charge on any atom is 0.265 e. The van der Waals surface area contributed by atoms with Crippen molar-refractivity contribution >= 4 is 66.3 Å². The van der Waals surface area contributed by atoms with Gasteiger partial charge in [0.2, 0.25) is 0 Å². The van der Waals surface area contributed by atoms with Gasteiger partial charge in [0, 0.05) is 13.0 Å². The molecule has 0 aliphatic rings. The number of nitrogens with one attached hydrogen (secondary N) is 1. The van der Waals surface area contributed by atoms with Gasteiger partial charge in [-0.15, -0.1) is 22.7 Å². The van der Waals surface area contributed by atoms with Crippen molar-refractivity contribution in [3.63, 3.8) is 0 Å². The van der Waals surface area contributed by atoms with Gasteiger partial charge in [-0.2, -0.15) is 0 Å². The molecule has 0 aliphatic carbocycles. The Morgan fingerprint density at radius 1 is 1.21 bits per heavy atom. The Morgan fingerprint density at radius 2 is 2.05 bits per heavy atom. The molecule has 0 saturated carbocycles. The highest BCUT2D eigenvalue weighted by molar-refractivity contribution is 14.1. The molecule has 6 heteroatoms. The molecular formula is C13H7FINOS2. The van der Waals surface area contributed by atoms with E-state index in [1.807, 2.05) is 40.1 Å². The Hall–Kier alpha value is -0.990. The van der Waals surface area contributed by atoms with Crippen molar-refractivity contribution in [3.05, 3.63) is 50.0 Å². The van der Waals surface area contributed by atoms with Crippen LogP contribution in [0.5, 0.6) is 0 Å². The summed E-state index contributed by atoms with van der Waals surface area (Å²) < 4.78 is 15.9. The van der Waals surface area contributed by atoms with E-state index in [1.165, 1.54) is 23.5 Å². The molecule has 2 nitrogen and oxygen atoms in total. The Balaban J connectivity index is 1.86. The first-order chi connectivity index (χ1) is 9.13. The minimum atomic E-state index is -0.306. The minimum Gasteiger partial charge on any atom is -0.320 e. The number of halogens is 2. The highest BCUT2D eigenvalue weighted by Crippen LogP contribution is 2.30. The van der Waals surface area contributed by atoms with E-state index in [9.17, 15) is 9.18 Å². The smallest absolute Gasteiger partial charge is 0.265 e. The molecule has 0 saturated heterocycles. The summed E-state index contributed by atoms with van der Waals surface area (Å²) in [5, 5.41) is 4.81. The summed E-state index contributed by atoms with van der Waals surface area (Å²) >= 11 is 5.08. The number of carbonyl (C=O) groups is 1. The second-order valence-corrected chi connectivity index (χ2v) is 7.03. The highest BCUT2D eigenvalue weighted by Gasteiger charge is 2.12. The van der Waals surface area contributed by atoms with Crippen LogP contribution in [0.25, 0.3) is 9.40 Å². The third-order valence-corrected chi connectivity index (χ3v) is 5.53. The van der Waals surface area contributed by atoms with Crippen molar-refractivity contribution in [2.45, 2.75) is 0 Å². The molecule has 0 atom stereocenters. The molecule has 3 rings (SSSR count). The Kier molecular flexibility index (Phi) is 3.55. The zero-order valence-electron chi connectivity index (χ0n) is 9.44. The number of rotatable bonds is 2. The molecule has 0 unspecified atom stereocenters. The van der Waals surface area contributed by atoms with Gasteiger partial charge in [-0.25, -0.2) is 4.39 Å². The first kappa shape index (κ1) is 13.0. The lowest BCUT2D eigenvalue weighted by molar-refractivity contribution is 0.103. The third-order valence-electron chi connectivity index (χ3n) is 2.54. The average Bonchev–Trinajstić information content (AvgIpc) is 2.93. The van der Waals surface area contributed by atoms with Gasteiger partial charge in [-0.3, -0.25) is 4.79 Å². The van der Waals surface area contributed by atoms with Crippen molar-refractivity contribution in [3.8, 4) is 0 Å². The van der Waals surface area contributed by atoms with Crippen LogP contribution in [0.15, 0.2) is 35.7 Å². The fourth-order valence-corrected chi connectivity index (χ4v) is 4.27. The molecule has 0 bridgehead atoms. The molecule has 0 radical (unpaired) electrons. The van der Waals surface area contributed by atoms with Crippen molar-refractivity contribution < 1.29 is 9.18 Å². The van der Waals surface area contributed by atoms with Crippen LogP contribution in [0.3, 0.4) is 0 Å². The number of fused-ring (bicyclic) bond motifs is 1. The van der Waals surface area contributed by atoms with E-state index in [-0.39, 0.29) is 11.7 Å². The maximum absolute atomic E-state index is 13.0. The van der Waals surface area contributed by atoms with Crippen LogP contribution in [0, 0.1) is 9.39 Å². The van der Waals surface area contributed by atoms with E-state index in [1.54, 1.807) is 17.4 Å². The van der Waals surface area contributed by atoms with Crippen LogP contribution in [0.1, 0.15) is 9.67 Å². The first-order valence-electron chi connectivity index (χ1n) is 5.37. The Morgan fingerprint density at radius 3 is 2.79 bits per heavy atom. The second kappa shape index (κ2) is 5.18. The van der Waals surface area contributed by atoms with Gasteiger partial charge in [0.05, 0.1) is 10.6 Å². The molecule has 0 spiro atoms. The monoisotopic (exact) mass is 403 g/mol. The lowest BCUT2D eigenvalue weighted by Gasteiger charge is -2.05. The summed E-state index contributed by atoms with van der Waals surface area (Å²) in [6.07, 6.45) is 0. The summed E-state index contributed by atoms with van der Waals surface area (Å²) in [6.45, 7) is 0. The lowest BCUT2D eigenvalue weighted by atomic mass is 10.3. The SMILES string of the molecule is O=C(Nc1ccc(F)cc1I)c1cc2sccc2s1. The molecule has 3 aromatic rings. The molecule has 2 aromatic heterocycles. The van der Waals surface area contributed by atoms with Gasteiger partial charge >= 0.3 is 0 Å². The van der Waals surface area contributed by atoms with E-state index in [0.29, 0.717) is 14.1 Å². The van der Waals surface area contributed by atoms with Gasteiger partial charge < -0.3 is 5.32 Å². The third kappa shape index (κ3) is 2.65. The van der Waals surface area contributed by atoms with Crippen molar-refractivity contribution in [2.75, 3.05) is 5.32 Å². The molecule has 1 aromatic carbocycles. The molecule has 96 valence electrons. The Labute approximate surface area is 130 Å². The normalized spacial score (nSPS) is 10.8. The largest absolute Gasteiger partial charge is 0.320 e. The van der Waals surface area contributed by atoms with Gasteiger partial charge in [-0.1, -0.05) is 0 Å². The summed E-state index contributed by atoms with van der Waals surface area (Å²) in [4.78, 5) is 12.8. The summed E-state index contributed by atoms with van der Waals surface area (Å²) in [5.74, 6) is -0.461. The standard InChI is InChI=1S/C13H7FINOS2/c14-7-1-2-9(8(15)5-7)16-13(17)12-6-11-10(19-12)3-4-18-11/h1-6H,(H,16,17). The predicted octanol–water partition coefficient (Wildman–Crippen LogP) is 4.96. The highest BCUT2D eigenvalue weighted by atomic mass is 127. The van der Waals surface area contributed by atoms with Crippen LogP contribution < -0.4 is 5.32 Å². The van der Waals surface area contributed by atoms with E-state index in [4.69, 9.17) is 0 Å². The van der Waals surface area contributed by atoms with Gasteiger partial charge in [0.25, 0.3) is 5.91 Å². The van der Waals surface area contributed by atoms with Gasteiger partial charge in [0.15, 0.2) is 0 Å². The fourth-order valence-electron chi connectivity index (χ4n) is 1.65. The number of thiophene rings is 2. The zero-order valence-corrected chi connectivity index (χ0v) is 13.2. The zero-order chi connectivity index (χ0) is 13.4. The first-order valence-corrected chi connectivity index (χ1v) is 8.14. The van der Waals surface area contributed by atoms with Gasteiger partial charge in [-0.05, 0) is 58.3 Å². The average molecular weight is 403 g/mol.